The molecule has 0 radical (unpaired) electrons. The quantitative estimate of drug-likeness (QED) is 0.203. The van der Waals surface area contributed by atoms with E-state index in [0.717, 1.165) is 71.5 Å². The predicted octanol–water partition coefficient (Wildman–Crippen LogP) is 6.16. The largest absolute Gasteiger partial charge is 0.370 e. The Morgan fingerprint density at radius 1 is 1.15 bits per heavy atom. The monoisotopic (exact) mass is 501 g/mol. The summed E-state index contributed by atoms with van der Waals surface area (Å²) in [7, 11) is 0. The zero-order valence-corrected chi connectivity index (χ0v) is 23.4. The highest BCUT2D eigenvalue weighted by atomic mass is 32.2. The van der Waals surface area contributed by atoms with Crippen molar-refractivity contribution in [1.82, 2.24) is 19.9 Å². The first-order chi connectivity index (χ1) is 16.3. The molecule has 1 N–H and O–H groups in total. The van der Waals surface area contributed by atoms with Crippen LogP contribution in [-0.4, -0.2) is 57.9 Å². The average Bonchev–Trinajstić information content (AvgIpc) is 3.16. The molecule has 4 rings (SSSR count). The van der Waals surface area contributed by atoms with Crippen LogP contribution in [0.4, 0.5) is 5.82 Å². The zero-order chi connectivity index (χ0) is 24.5. The minimum atomic E-state index is -0.189. The number of thiophene rings is 1. The van der Waals surface area contributed by atoms with Crippen molar-refractivity contribution < 1.29 is 4.74 Å². The fourth-order valence-corrected chi connectivity index (χ4v) is 6.23. The summed E-state index contributed by atoms with van der Waals surface area (Å²) in [5.41, 5.74) is 4.69. The molecule has 3 aromatic heterocycles. The number of nitrogens with zero attached hydrogens (tertiary/aromatic N) is 4. The van der Waals surface area contributed by atoms with Gasteiger partial charge in [0.2, 0.25) is 0 Å². The smallest absolute Gasteiger partial charge is 0.189 e. The standard InChI is InChI=1S/C26H39N5OS2/c1-8-31(9-2)12-10-11-27-23-22-21(29-25(30-23)33-7)20-17-14-26(5,6)32-15-18(17)19(13-16(3)4)28-24(20)34-22/h16H,8-15H2,1-7H3,(H,27,29,30). The molecule has 4 heterocycles. The van der Waals surface area contributed by atoms with E-state index in [1.165, 1.54) is 22.2 Å². The number of ether oxygens (including phenoxy) is 1. The molecule has 0 bridgehead atoms. The maximum absolute atomic E-state index is 6.23. The highest BCUT2D eigenvalue weighted by Gasteiger charge is 2.32. The van der Waals surface area contributed by atoms with Gasteiger partial charge in [0, 0.05) is 29.6 Å². The lowest BCUT2D eigenvalue weighted by atomic mass is 9.88. The number of fused-ring (bicyclic) bond motifs is 5. The Labute approximate surface area is 212 Å². The van der Waals surface area contributed by atoms with Gasteiger partial charge in [0.1, 0.15) is 10.6 Å². The minimum absolute atomic E-state index is 0.189. The van der Waals surface area contributed by atoms with Crippen molar-refractivity contribution in [3.8, 4) is 0 Å². The third-order valence-electron chi connectivity index (χ3n) is 6.58. The normalized spacial score (nSPS) is 15.6. The number of hydrogen-bond donors (Lipinski definition) is 1. The first-order valence-corrected chi connectivity index (χ1v) is 14.6. The van der Waals surface area contributed by atoms with Crippen molar-refractivity contribution in [2.45, 2.75) is 78.2 Å². The van der Waals surface area contributed by atoms with Gasteiger partial charge in [-0.3, -0.25) is 0 Å². The summed E-state index contributed by atoms with van der Waals surface area (Å²) < 4.78 is 7.36. The second-order valence-electron chi connectivity index (χ2n) is 10.2. The molecule has 1 aliphatic rings. The van der Waals surface area contributed by atoms with Gasteiger partial charge in [-0.25, -0.2) is 15.0 Å². The fourth-order valence-electron chi connectivity index (χ4n) is 4.74. The molecule has 34 heavy (non-hydrogen) atoms. The maximum Gasteiger partial charge on any atom is 0.189 e. The first kappa shape index (κ1) is 25.6. The number of rotatable bonds is 10. The van der Waals surface area contributed by atoms with Crippen molar-refractivity contribution in [2.24, 2.45) is 5.92 Å². The maximum atomic E-state index is 6.23. The van der Waals surface area contributed by atoms with Crippen molar-refractivity contribution >= 4 is 49.3 Å². The molecular weight excluding hydrogens is 462 g/mol. The second kappa shape index (κ2) is 10.6. The molecule has 0 saturated heterocycles. The van der Waals surface area contributed by atoms with E-state index in [1.54, 1.807) is 23.1 Å². The van der Waals surface area contributed by atoms with Crippen molar-refractivity contribution in [2.75, 3.05) is 37.8 Å². The molecule has 3 aromatic rings. The van der Waals surface area contributed by atoms with Crippen LogP contribution in [0.1, 0.15) is 64.8 Å². The summed E-state index contributed by atoms with van der Waals surface area (Å²) in [5, 5.41) is 5.66. The van der Waals surface area contributed by atoms with E-state index in [2.05, 4.69) is 51.8 Å². The number of thioether (sulfide) groups is 1. The number of pyridine rings is 1. The summed E-state index contributed by atoms with van der Waals surface area (Å²) in [5.74, 6) is 1.49. The van der Waals surface area contributed by atoms with Gasteiger partial charge in [-0.05, 0) is 64.1 Å². The van der Waals surface area contributed by atoms with Crippen LogP contribution >= 0.6 is 23.1 Å². The highest BCUT2D eigenvalue weighted by Crippen LogP contribution is 2.43. The Morgan fingerprint density at radius 3 is 2.59 bits per heavy atom. The van der Waals surface area contributed by atoms with Crippen LogP contribution in [0.3, 0.4) is 0 Å². The summed E-state index contributed by atoms with van der Waals surface area (Å²) in [6.07, 6.45) is 4.98. The summed E-state index contributed by atoms with van der Waals surface area (Å²) in [6.45, 7) is 18.1. The van der Waals surface area contributed by atoms with Gasteiger partial charge in [-0.1, -0.05) is 39.5 Å². The van der Waals surface area contributed by atoms with E-state index in [4.69, 9.17) is 19.7 Å². The van der Waals surface area contributed by atoms with E-state index < -0.39 is 0 Å². The summed E-state index contributed by atoms with van der Waals surface area (Å²) >= 11 is 3.33. The molecule has 0 aromatic carbocycles. The predicted molar refractivity (Wildman–Crippen MR) is 147 cm³/mol. The lowest BCUT2D eigenvalue weighted by Gasteiger charge is -2.33. The average molecular weight is 502 g/mol. The van der Waals surface area contributed by atoms with Crippen LogP contribution in [0.25, 0.3) is 20.4 Å². The molecule has 0 unspecified atom stereocenters. The van der Waals surface area contributed by atoms with Crippen LogP contribution in [0.2, 0.25) is 0 Å². The highest BCUT2D eigenvalue weighted by molar-refractivity contribution is 7.98. The van der Waals surface area contributed by atoms with E-state index >= 15 is 0 Å². The van der Waals surface area contributed by atoms with E-state index in [1.807, 2.05) is 6.26 Å². The lowest BCUT2D eigenvalue weighted by Crippen LogP contribution is -2.33. The van der Waals surface area contributed by atoms with Crippen LogP contribution in [0.5, 0.6) is 0 Å². The molecule has 1 aliphatic heterocycles. The second-order valence-corrected chi connectivity index (χ2v) is 11.9. The Balaban J connectivity index is 1.80. The number of aromatic nitrogens is 3. The van der Waals surface area contributed by atoms with Crippen LogP contribution < -0.4 is 5.32 Å². The van der Waals surface area contributed by atoms with Gasteiger partial charge >= 0.3 is 0 Å². The van der Waals surface area contributed by atoms with Gasteiger partial charge in [0.15, 0.2) is 5.16 Å². The van der Waals surface area contributed by atoms with E-state index in [9.17, 15) is 0 Å². The molecule has 6 nitrogen and oxygen atoms in total. The molecule has 8 heteroatoms. The molecule has 0 fully saturated rings. The number of hydrogen-bond acceptors (Lipinski definition) is 8. The fraction of sp³-hybridized carbons (Fsp3) is 0.654. The number of nitrogens with one attached hydrogen (secondary N) is 1. The SMILES string of the molecule is CCN(CC)CCCNc1nc(SC)nc2c1sc1nc(CC(C)C)c3c(c12)CC(C)(C)OC3. The Bertz CT molecular complexity index is 1150. The zero-order valence-electron chi connectivity index (χ0n) is 21.7. The molecule has 0 spiro atoms. The van der Waals surface area contributed by atoms with Gasteiger partial charge in [0.05, 0.1) is 22.4 Å². The molecular formula is C26H39N5OS2. The third-order valence-corrected chi connectivity index (χ3v) is 8.20. The molecule has 0 amide bonds. The summed E-state index contributed by atoms with van der Waals surface area (Å²) in [4.78, 5) is 18.6. The topological polar surface area (TPSA) is 63.2 Å². The van der Waals surface area contributed by atoms with E-state index in [-0.39, 0.29) is 5.60 Å². The molecule has 0 aliphatic carbocycles. The van der Waals surface area contributed by atoms with Crippen LogP contribution in [0.15, 0.2) is 5.16 Å². The van der Waals surface area contributed by atoms with E-state index in [0.29, 0.717) is 12.5 Å². The third kappa shape index (κ3) is 5.35. The van der Waals surface area contributed by atoms with Gasteiger partial charge in [0.25, 0.3) is 0 Å². The first-order valence-electron chi connectivity index (χ1n) is 12.5. The van der Waals surface area contributed by atoms with Crippen molar-refractivity contribution in [3.05, 3.63) is 16.8 Å². The van der Waals surface area contributed by atoms with Crippen LogP contribution in [0, 0.1) is 5.92 Å². The van der Waals surface area contributed by atoms with Crippen molar-refractivity contribution in [1.29, 1.82) is 0 Å². The number of anilines is 1. The Hall–Kier alpha value is -1.48. The van der Waals surface area contributed by atoms with Gasteiger partial charge in [-0.2, -0.15) is 0 Å². The molecule has 0 atom stereocenters. The Kier molecular flexibility index (Phi) is 8.02. The lowest BCUT2D eigenvalue weighted by molar-refractivity contribution is -0.0402. The van der Waals surface area contributed by atoms with Crippen LogP contribution in [-0.2, 0) is 24.2 Å². The van der Waals surface area contributed by atoms with Crippen molar-refractivity contribution in [3.63, 3.8) is 0 Å². The molecule has 0 saturated carbocycles. The minimum Gasteiger partial charge on any atom is -0.370 e. The Morgan fingerprint density at radius 2 is 1.91 bits per heavy atom. The summed E-state index contributed by atoms with van der Waals surface area (Å²) in [6, 6.07) is 0. The van der Waals surface area contributed by atoms with Gasteiger partial charge in [-0.15, -0.1) is 11.3 Å². The van der Waals surface area contributed by atoms with Gasteiger partial charge < -0.3 is 15.0 Å². The molecule has 186 valence electrons.